The smallest absolute Gasteiger partial charge is 0.317 e. The van der Waals surface area contributed by atoms with Crippen LogP contribution in [0.25, 0.3) is 0 Å². The van der Waals surface area contributed by atoms with Gasteiger partial charge in [-0.1, -0.05) is 0 Å². The summed E-state index contributed by atoms with van der Waals surface area (Å²) in [5, 5.41) is 27.3. The molecule has 0 aromatic rings. The third-order valence-corrected chi connectivity index (χ3v) is 10.0. The van der Waals surface area contributed by atoms with Crippen molar-refractivity contribution in [2.24, 2.45) is 0 Å². The zero-order valence-corrected chi connectivity index (χ0v) is 33.9. The van der Waals surface area contributed by atoms with Crippen LogP contribution >= 0.6 is 0 Å². The van der Waals surface area contributed by atoms with E-state index in [-0.39, 0.29) is 39.1 Å². The van der Waals surface area contributed by atoms with E-state index < -0.39 is 17.9 Å². The molecular formula is C34H64N8O8Zn. The Morgan fingerprint density at radius 3 is 0.941 bits per heavy atom. The molecule has 4 rings (SSSR count). The van der Waals surface area contributed by atoms with Gasteiger partial charge in [-0.3, -0.25) is 38.8 Å². The molecule has 4 aliphatic rings. The van der Waals surface area contributed by atoms with Crippen molar-refractivity contribution < 1.29 is 58.7 Å². The number of carbonyl (C=O) groups excluding carboxylic acids is 1. The van der Waals surface area contributed by atoms with Gasteiger partial charge in [-0.05, 0) is 90.9 Å². The van der Waals surface area contributed by atoms with Crippen molar-refractivity contribution >= 4 is 24.4 Å². The van der Waals surface area contributed by atoms with E-state index in [0.717, 1.165) is 169 Å². The largest absolute Gasteiger partial charge is 0.480 e. The molecule has 3 N–H and O–H groups in total. The second-order valence-electron chi connectivity index (χ2n) is 14.0. The van der Waals surface area contributed by atoms with Crippen LogP contribution in [-0.2, 0) is 43.4 Å². The number of nitrogens with zero attached hydrogens (tertiary/aromatic N) is 8. The van der Waals surface area contributed by atoms with Crippen LogP contribution in [-0.4, -0.2) is 236 Å². The quantitative estimate of drug-likeness (QED) is 0.196. The monoisotopic (exact) mass is 776 g/mol. The molecule has 4 heterocycles. The molecule has 4 saturated heterocycles. The first-order valence-electron chi connectivity index (χ1n) is 18.7. The van der Waals surface area contributed by atoms with E-state index in [2.05, 4.69) is 29.4 Å². The van der Waals surface area contributed by atoms with Crippen LogP contribution < -0.4 is 0 Å². The van der Waals surface area contributed by atoms with E-state index in [1.165, 1.54) is 0 Å². The van der Waals surface area contributed by atoms with Gasteiger partial charge in [0.15, 0.2) is 0 Å². The van der Waals surface area contributed by atoms with Gasteiger partial charge in [-0.25, -0.2) is 0 Å². The topological polar surface area (TPSA) is 164 Å². The molecule has 51 heavy (non-hydrogen) atoms. The summed E-state index contributed by atoms with van der Waals surface area (Å²) in [4.78, 5) is 61.8. The SMILES string of the molecule is O=C(O)CN1CCCN2CCCN(CCCN(CC(=O)O)CC2)CC1.O=COCN1CCCN2CCCN(CCCN(CC(=O)O)CC2)CC1.[Zn]. The summed E-state index contributed by atoms with van der Waals surface area (Å²) in [6.07, 6.45) is 6.17. The minimum absolute atomic E-state index is 0. The first-order chi connectivity index (χ1) is 24.2. The molecule has 0 spiro atoms. The Morgan fingerprint density at radius 2 is 0.667 bits per heavy atom. The van der Waals surface area contributed by atoms with E-state index in [1.54, 1.807) is 0 Å². The summed E-state index contributed by atoms with van der Waals surface area (Å²) in [7, 11) is 0. The molecular weight excluding hydrogens is 714 g/mol. The molecule has 290 valence electrons. The summed E-state index contributed by atoms with van der Waals surface area (Å²) in [5.74, 6) is -2.27. The van der Waals surface area contributed by atoms with Crippen LogP contribution in [0, 0.1) is 0 Å². The number of rotatable bonds is 9. The Balaban J connectivity index is 0.000000347. The first kappa shape index (κ1) is 45.3. The number of carboxylic acid groups (broad SMARTS) is 3. The van der Waals surface area contributed by atoms with Crippen molar-refractivity contribution in [2.45, 2.75) is 38.5 Å². The molecule has 0 saturated carbocycles. The summed E-state index contributed by atoms with van der Waals surface area (Å²) < 4.78 is 4.96. The summed E-state index contributed by atoms with van der Waals surface area (Å²) in [6.45, 7) is 19.5. The van der Waals surface area contributed by atoms with Crippen LogP contribution in [0.5, 0.6) is 0 Å². The van der Waals surface area contributed by atoms with Gasteiger partial charge in [0.25, 0.3) is 6.47 Å². The van der Waals surface area contributed by atoms with Crippen LogP contribution in [0.2, 0.25) is 0 Å². The molecule has 4 unspecified atom stereocenters. The third-order valence-electron chi connectivity index (χ3n) is 10.0. The molecule has 4 bridgehead atoms. The van der Waals surface area contributed by atoms with Gasteiger partial charge >= 0.3 is 17.9 Å². The van der Waals surface area contributed by atoms with Gasteiger partial charge in [0.1, 0.15) is 6.73 Å². The number of carboxylic acids is 3. The minimum Gasteiger partial charge on any atom is -0.480 e. The number of hydrogen-bond donors (Lipinski definition) is 3. The molecule has 0 aromatic carbocycles. The summed E-state index contributed by atoms with van der Waals surface area (Å²) in [5.41, 5.74) is 0. The zero-order chi connectivity index (χ0) is 36.0. The Kier molecular flexibility index (Phi) is 23.9. The van der Waals surface area contributed by atoms with Crippen molar-refractivity contribution in [3.8, 4) is 0 Å². The van der Waals surface area contributed by atoms with E-state index in [4.69, 9.17) is 20.1 Å². The number of ether oxygens (including phenoxy) is 1. The molecule has 0 amide bonds. The molecule has 0 radical (unpaired) electrons. The molecule has 4 atom stereocenters. The second kappa shape index (κ2) is 26.9. The molecule has 0 aliphatic carbocycles. The maximum absolute atomic E-state index is 11.1. The van der Waals surface area contributed by atoms with E-state index in [9.17, 15) is 19.2 Å². The van der Waals surface area contributed by atoms with Gasteiger partial charge in [0.05, 0.1) is 19.6 Å². The van der Waals surface area contributed by atoms with Crippen LogP contribution in [0.15, 0.2) is 0 Å². The fourth-order valence-corrected chi connectivity index (χ4v) is 7.34. The van der Waals surface area contributed by atoms with Crippen LogP contribution in [0.1, 0.15) is 38.5 Å². The van der Waals surface area contributed by atoms with E-state index in [1.807, 2.05) is 9.80 Å². The minimum atomic E-state index is -0.760. The molecule has 0 aromatic heterocycles. The normalized spacial score (nSPS) is 27.5. The van der Waals surface area contributed by atoms with Gasteiger partial charge < -0.3 is 39.7 Å². The fraction of sp³-hybridized carbons (Fsp3) is 0.882. The Labute approximate surface area is 317 Å². The predicted molar refractivity (Wildman–Crippen MR) is 189 cm³/mol. The van der Waals surface area contributed by atoms with Crippen molar-refractivity contribution in [3.63, 3.8) is 0 Å². The zero-order valence-electron chi connectivity index (χ0n) is 31.0. The summed E-state index contributed by atoms with van der Waals surface area (Å²) >= 11 is 0. The fourth-order valence-electron chi connectivity index (χ4n) is 7.34. The average molecular weight is 778 g/mol. The maximum atomic E-state index is 11.1. The molecule has 16 nitrogen and oxygen atoms in total. The molecule has 17 heteroatoms. The van der Waals surface area contributed by atoms with Crippen LogP contribution in [0.4, 0.5) is 0 Å². The first-order valence-corrected chi connectivity index (χ1v) is 18.7. The number of fused-ring (bicyclic) bond motifs is 8. The molecule has 4 aliphatic heterocycles. The van der Waals surface area contributed by atoms with Crippen molar-refractivity contribution in [1.29, 1.82) is 0 Å². The number of carbonyl (C=O) groups is 4. The Bertz CT molecular complexity index is 966. The van der Waals surface area contributed by atoms with E-state index in [0.29, 0.717) is 13.2 Å². The van der Waals surface area contributed by atoms with Gasteiger partial charge in [-0.15, -0.1) is 0 Å². The third kappa shape index (κ3) is 20.9. The van der Waals surface area contributed by atoms with Crippen molar-refractivity contribution in [3.05, 3.63) is 0 Å². The van der Waals surface area contributed by atoms with Crippen molar-refractivity contribution in [1.82, 2.24) is 39.2 Å². The van der Waals surface area contributed by atoms with Crippen LogP contribution in [0.3, 0.4) is 0 Å². The predicted octanol–water partition coefficient (Wildman–Crippen LogP) is -0.834. The number of aliphatic carboxylic acids is 3. The molecule has 4 fully saturated rings. The van der Waals surface area contributed by atoms with Gasteiger partial charge in [0, 0.05) is 98.0 Å². The van der Waals surface area contributed by atoms with Crippen molar-refractivity contribution in [2.75, 3.05) is 157 Å². The van der Waals surface area contributed by atoms with Gasteiger partial charge in [0.2, 0.25) is 0 Å². The van der Waals surface area contributed by atoms with E-state index >= 15 is 0 Å². The number of hydrogen-bond acceptors (Lipinski definition) is 13. The maximum Gasteiger partial charge on any atom is 0.317 e. The second-order valence-corrected chi connectivity index (χ2v) is 14.0. The standard InChI is InChI=1S/2C17H32N4O4.Zn/c22-16(23)14-20-8-2-6-18-4-1-5-19(11-12-20)7-3-9-21(13-10-18)15-17(24)25;22-16-25-15-21-9-3-7-18-4-1-5-19(11-13-21)6-2-8-20(12-10-18)14-17(23)24;/h1-15H2,(H,22,23)(H,24,25);16H,1-15H2,(H,23,24);. The Morgan fingerprint density at radius 1 is 0.412 bits per heavy atom. The van der Waals surface area contributed by atoms with Gasteiger partial charge in [-0.2, -0.15) is 0 Å². The average Bonchev–Trinajstić information content (AvgIpc) is 3.18. The summed E-state index contributed by atoms with van der Waals surface area (Å²) in [6, 6.07) is 0. The Hall–Kier alpha value is -1.82.